The summed E-state index contributed by atoms with van der Waals surface area (Å²) in [4.78, 5) is 0. The van der Waals surface area contributed by atoms with E-state index < -0.39 is 0 Å². The first-order chi connectivity index (χ1) is 8.81. The Kier molecular flexibility index (Phi) is 5.50. The van der Waals surface area contributed by atoms with Crippen molar-refractivity contribution in [3.05, 3.63) is 6.33 Å². The zero-order chi connectivity index (χ0) is 12.8. The molecule has 1 fully saturated rings. The van der Waals surface area contributed by atoms with Gasteiger partial charge in [-0.3, -0.25) is 0 Å². The molecule has 0 radical (unpaired) electrons. The van der Waals surface area contributed by atoms with Crippen LogP contribution in [-0.4, -0.2) is 33.1 Å². The predicted molar refractivity (Wildman–Crippen MR) is 75.8 cm³/mol. The smallest absolute Gasteiger partial charge is 0.190 e. The monoisotopic (exact) mass is 268 g/mol. The summed E-state index contributed by atoms with van der Waals surface area (Å²) in [5, 5.41) is 12.7. The molecule has 0 bridgehead atoms. The fraction of sp³-hybridized carbons (Fsp3) is 0.846. The Morgan fingerprint density at radius 3 is 2.83 bits per heavy atom. The molecule has 1 unspecified atom stereocenters. The van der Waals surface area contributed by atoms with Gasteiger partial charge in [-0.15, -0.1) is 10.2 Å². The van der Waals surface area contributed by atoms with Crippen molar-refractivity contribution in [1.29, 1.82) is 0 Å². The van der Waals surface area contributed by atoms with Gasteiger partial charge in [0.05, 0.1) is 0 Å². The van der Waals surface area contributed by atoms with Gasteiger partial charge in [0, 0.05) is 18.8 Å². The summed E-state index contributed by atoms with van der Waals surface area (Å²) in [6.07, 6.45) is 8.77. The maximum Gasteiger partial charge on any atom is 0.190 e. The van der Waals surface area contributed by atoms with E-state index in [0.29, 0.717) is 6.04 Å². The number of hydrogen-bond donors (Lipinski definition) is 1. The van der Waals surface area contributed by atoms with Crippen molar-refractivity contribution in [3.8, 4) is 0 Å². The van der Waals surface area contributed by atoms with E-state index in [0.717, 1.165) is 23.4 Å². The van der Waals surface area contributed by atoms with Gasteiger partial charge in [0.2, 0.25) is 0 Å². The topological polar surface area (TPSA) is 42.7 Å². The van der Waals surface area contributed by atoms with Crippen molar-refractivity contribution >= 4 is 11.8 Å². The van der Waals surface area contributed by atoms with Crippen LogP contribution in [0, 0.1) is 5.92 Å². The second-order valence-corrected chi connectivity index (χ2v) is 6.08. The Morgan fingerprint density at radius 2 is 2.22 bits per heavy atom. The number of aromatic nitrogens is 3. The molecule has 2 rings (SSSR count). The zero-order valence-corrected chi connectivity index (χ0v) is 12.2. The van der Waals surface area contributed by atoms with Gasteiger partial charge in [-0.25, -0.2) is 0 Å². The number of nitrogens with one attached hydrogen (secondary N) is 1. The molecule has 1 atom stereocenters. The van der Waals surface area contributed by atoms with Crippen LogP contribution in [0.15, 0.2) is 11.5 Å². The highest BCUT2D eigenvalue weighted by Crippen LogP contribution is 2.29. The molecule has 1 aromatic heterocycles. The summed E-state index contributed by atoms with van der Waals surface area (Å²) in [6.45, 7) is 3.25. The Bertz CT molecular complexity index is 347. The third-order valence-electron chi connectivity index (χ3n) is 3.75. The van der Waals surface area contributed by atoms with Crippen LogP contribution in [0.3, 0.4) is 0 Å². The van der Waals surface area contributed by atoms with Crippen LogP contribution >= 0.6 is 11.8 Å². The van der Waals surface area contributed by atoms with E-state index in [1.807, 2.05) is 23.4 Å². The number of aryl methyl sites for hydroxylation is 1. The molecule has 1 aromatic rings. The minimum atomic E-state index is 0.622. The van der Waals surface area contributed by atoms with Gasteiger partial charge in [-0.1, -0.05) is 37.9 Å². The summed E-state index contributed by atoms with van der Waals surface area (Å²) < 4.78 is 1.99. The van der Waals surface area contributed by atoms with Crippen molar-refractivity contribution < 1.29 is 0 Å². The van der Waals surface area contributed by atoms with E-state index in [1.165, 1.54) is 32.1 Å². The lowest BCUT2D eigenvalue weighted by Gasteiger charge is -2.30. The summed E-state index contributed by atoms with van der Waals surface area (Å²) in [5.41, 5.74) is 0. The van der Waals surface area contributed by atoms with Crippen LogP contribution in [0.1, 0.15) is 39.0 Å². The van der Waals surface area contributed by atoms with E-state index in [1.54, 1.807) is 6.33 Å². The highest BCUT2D eigenvalue weighted by atomic mass is 32.2. The highest BCUT2D eigenvalue weighted by molar-refractivity contribution is 7.99. The number of hydrogen-bond acceptors (Lipinski definition) is 4. The molecule has 5 heteroatoms. The molecule has 102 valence electrons. The molecular weight excluding hydrogens is 244 g/mol. The molecule has 0 aliphatic heterocycles. The van der Waals surface area contributed by atoms with Crippen molar-refractivity contribution in [2.24, 2.45) is 13.0 Å². The third kappa shape index (κ3) is 3.72. The lowest BCUT2D eigenvalue weighted by atomic mass is 9.84. The minimum absolute atomic E-state index is 0.622. The normalized spacial score (nSPS) is 19.0. The highest BCUT2D eigenvalue weighted by Gasteiger charge is 2.23. The van der Waals surface area contributed by atoms with E-state index in [4.69, 9.17) is 0 Å². The second-order valence-electron chi connectivity index (χ2n) is 5.10. The second kappa shape index (κ2) is 7.14. The molecule has 1 aliphatic rings. The minimum Gasteiger partial charge on any atom is -0.313 e. The number of rotatable bonds is 6. The number of thioether (sulfide) groups is 1. The average Bonchev–Trinajstić information content (AvgIpc) is 2.81. The van der Waals surface area contributed by atoms with Crippen molar-refractivity contribution in [1.82, 2.24) is 20.1 Å². The molecule has 0 spiro atoms. The van der Waals surface area contributed by atoms with E-state index in [2.05, 4.69) is 22.4 Å². The number of nitrogens with zero attached hydrogens (tertiary/aromatic N) is 3. The molecular formula is C13H24N4S. The van der Waals surface area contributed by atoms with Crippen molar-refractivity contribution in [2.45, 2.75) is 50.2 Å². The van der Waals surface area contributed by atoms with Crippen LogP contribution < -0.4 is 5.32 Å². The fourth-order valence-electron chi connectivity index (χ4n) is 2.73. The predicted octanol–water partition coefficient (Wildman–Crippen LogP) is 2.47. The van der Waals surface area contributed by atoms with Crippen LogP contribution in [0.4, 0.5) is 0 Å². The molecule has 0 aromatic carbocycles. The first-order valence-corrected chi connectivity index (χ1v) is 8.00. The molecule has 0 amide bonds. The molecule has 1 N–H and O–H groups in total. The molecule has 1 aliphatic carbocycles. The zero-order valence-electron chi connectivity index (χ0n) is 11.4. The van der Waals surface area contributed by atoms with Crippen molar-refractivity contribution in [3.63, 3.8) is 0 Å². The van der Waals surface area contributed by atoms with E-state index >= 15 is 0 Å². The lowest BCUT2D eigenvalue weighted by Crippen LogP contribution is -2.39. The van der Waals surface area contributed by atoms with Gasteiger partial charge in [-0.05, 0) is 25.3 Å². The lowest BCUT2D eigenvalue weighted by molar-refractivity contribution is 0.288. The fourth-order valence-corrected chi connectivity index (χ4v) is 3.80. The van der Waals surface area contributed by atoms with E-state index in [9.17, 15) is 0 Å². The Labute approximate surface area is 114 Å². The van der Waals surface area contributed by atoms with Crippen LogP contribution in [0.25, 0.3) is 0 Å². The van der Waals surface area contributed by atoms with Crippen molar-refractivity contribution in [2.75, 3.05) is 12.3 Å². The van der Waals surface area contributed by atoms with Crippen LogP contribution in [0.2, 0.25) is 0 Å². The standard InChI is InChI=1S/C13H24N4S/c1-3-14-12(11-7-5-4-6-8-11)9-18-13-16-15-10-17(13)2/h10-12,14H,3-9H2,1-2H3. The molecule has 4 nitrogen and oxygen atoms in total. The first-order valence-electron chi connectivity index (χ1n) is 7.01. The summed E-state index contributed by atoms with van der Waals surface area (Å²) in [5.74, 6) is 1.95. The Hall–Kier alpha value is -0.550. The van der Waals surface area contributed by atoms with E-state index in [-0.39, 0.29) is 0 Å². The third-order valence-corrected chi connectivity index (χ3v) is 4.90. The van der Waals surface area contributed by atoms with Crippen LogP contribution in [-0.2, 0) is 7.05 Å². The first kappa shape index (κ1) is 13.9. The molecule has 18 heavy (non-hydrogen) atoms. The Morgan fingerprint density at radius 1 is 1.44 bits per heavy atom. The average molecular weight is 268 g/mol. The summed E-state index contributed by atoms with van der Waals surface area (Å²) >= 11 is 1.82. The van der Waals surface area contributed by atoms with Gasteiger partial charge in [-0.2, -0.15) is 0 Å². The van der Waals surface area contributed by atoms with Crippen LogP contribution in [0.5, 0.6) is 0 Å². The van der Waals surface area contributed by atoms with Gasteiger partial charge in [0.1, 0.15) is 6.33 Å². The SMILES string of the molecule is CCNC(CSc1nncn1C)C1CCCCC1. The molecule has 1 saturated carbocycles. The van der Waals surface area contributed by atoms with Gasteiger partial charge in [0.15, 0.2) is 5.16 Å². The Balaban J connectivity index is 1.87. The maximum atomic E-state index is 4.14. The van der Waals surface area contributed by atoms with Gasteiger partial charge < -0.3 is 9.88 Å². The molecule has 0 saturated heterocycles. The summed E-state index contributed by atoms with van der Waals surface area (Å²) in [6, 6.07) is 0.622. The van der Waals surface area contributed by atoms with Gasteiger partial charge in [0.25, 0.3) is 0 Å². The largest absolute Gasteiger partial charge is 0.313 e. The maximum absolute atomic E-state index is 4.14. The molecule has 1 heterocycles. The summed E-state index contributed by atoms with van der Waals surface area (Å²) in [7, 11) is 2.01. The van der Waals surface area contributed by atoms with Gasteiger partial charge >= 0.3 is 0 Å². The quantitative estimate of drug-likeness (QED) is 0.805.